The smallest absolute Gasteiger partial charge is 0.323 e. The van der Waals surface area contributed by atoms with E-state index in [9.17, 15) is 0 Å². The Morgan fingerprint density at radius 1 is 1.28 bits per heavy atom. The van der Waals surface area contributed by atoms with Gasteiger partial charge < -0.3 is 20.9 Å². The molecule has 1 rings (SSSR count). The Hall–Kier alpha value is -1.63. The molecule has 1 heterocycles. The lowest BCUT2D eigenvalue weighted by Crippen LogP contribution is -2.14. The fourth-order valence-electron chi connectivity index (χ4n) is 1.31. The van der Waals surface area contributed by atoms with Crippen LogP contribution in [0, 0.1) is 0 Å². The molecule has 7 heteroatoms. The van der Waals surface area contributed by atoms with Gasteiger partial charge in [-0.05, 0) is 33.6 Å². The summed E-state index contributed by atoms with van der Waals surface area (Å²) >= 11 is 0. The zero-order chi connectivity index (χ0) is 13.5. The third-order valence-corrected chi connectivity index (χ3v) is 2.06. The van der Waals surface area contributed by atoms with Crippen LogP contribution in [0.1, 0.15) is 33.6 Å². The Kier molecular flexibility index (Phi) is 5.57. The summed E-state index contributed by atoms with van der Waals surface area (Å²) in [6, 6.07) is 0.218. The molecule has 0 aliphatic carbocycles. The standard InChI is InChI=1S/C11H21N5O2/c1-7(2)18-11-15-9(12)14-10(16-11)13-6-4-5-8(3)17/h7-8,17H,4-6H2,1-3H3,(H3,12,13,14,15,16). The topological polar surface area (TPSA) is 106 Å². The van der Waals surface area contributed by atoms with Crippen molar-refractivity contribution in [3.8, 4) is 6.01 Å². The van der Waals surface area contributed by atoms with E-state index in [1.54, 1.807) is 6.92 Å². The molecular weight excluding hydrogens is 234 g/mol. The molecule has 1 aromatic rings. The van der Waals surface area contributed by atoms with E-state index >= 15 is 0 Å². The van der Waals surface area contributed by atoms with Gasteiger partial charge in [0.05, 0.1) is 12.2 Å². The van der Waals surface area contributed by atoms with E-state index in [1.807, 2.05) is 13.8 Å². The van der Waals surface area contributed by atoms with Crippen molar-refractivity contribution in [3.63, 3.8) is 0 Å². The molecule has 1 aromatic heterocycles. The van der Waals surface area contributed by atoms with E-state index < -0.39 is 0 Å². The van der Waals surface area contributed by atoms with Gasteiger partial charge in [0.25, 0.3) is 0 Å². The van der Waals surface area contributed by atoms with Gasteiger partial charge in [0.2, 0.25) is 11.9 Å². The monoisotopic (exact) mass is 255 g/mol. The van der Waals surface area contributed by atoms with Gasteiger partial charge in [0, 0.05) is 6.54 Å². The Balaban J connectivity index is 2.51. The molecule has 0 spiro atoms. The third kappa shape index (κ3) is 5.62. The molecule has 0 fully saturated rings. The van der Waals surface area contributed by atoms with Crippen LogP contribution in [0.3, 0.4) is 0 Å². The van der Waals surface area contributed by atoms with Crippen LogP contribution < -0.4 is 15.8 Å². The average molecular weight is 255 g/mol. The Morgan fingerprint density at radius 3 is 2.61 bits per heavy atom. The normalized spacial score (nSPS) is 12.5. The van der Waals surface area contributed by atoms with Crippen molar-refractivity contribution in [1.82, 2.24) is 15.0 Å². The van der Waals surface area contributed by atoms with Gasteiger partial charge in [-0.15, -0.1) is 0 Å². The zero-order valence-electron chi connectivity index (χ0n) is 11.1. The van der Waals surface area contributed by atoms with Gasteiger partial charge in [-0.25, -0.2) is 0 Å². The maximum Gasteiger partial charge on any atom is 0.323 e. The van der Waals surface area contributed by atoms with E-state index in [1.165, 1.54) is 0 Å². The van der Waals surface area contributed by atoms with Gasteiger partial charge in [0.15, 0.2) is 0 Å². The summed E-state index contributed by atoms with van der Waals surface area (Å²) in [4.78, 5) is 11.9. The molecule has 0 aromatic carbocycles. The lowest BCUT2D eigenvalue weighted by atomic mass is 10.2. The van der Waals surface area contributed by atoms with E-state index in [2.05, 4.69) is 20.3 Å². The molecule has 0 amide bonds. The molecule has 0 saturated heterocycles. The summed E-state index contributed by atoms with van der Waals surface area (Å²) in [6.45, 7) is 6.19. The van der Waals surface area contributed by atoms with Crippen LogP contribution in [-0.2, 0) is 0 Å². The van der Waals surface area contributed by atoms with E-state index in [4.69, 9.17) is 15.6 Å². The molecule has 1 atom stereocenters. The molecule has 0 radical (unpaired) electrons. The number of aliphatic hydroxyl groups is 1. The van der Waals surface area contributed by atoms with Crippen molar-refractivity contribution in [3.05, 3.63) is 0 Å². The van der Waals surface area contributed by atoms with Crippen LogP contribution in [0.2, 0.25) is 0 Å². The van der Waals surface area contributed by atoms with Gasteiger partial charge >= 0.3 is 6.01 Å². The number of aromatic nitrogens is 3. The lowest BCUT2D eigenvalue weighted by molar-refractivity contribution is 0.183. The number of aliphatic hydroxyl groups excluding tert-OH is 1. The maximum atomic E-state index is 9.13. The molecule has 7 nitrogen and oxygen atoms in total. The molecule has 0 aliphatic heterocycles. The minimum Gasteiger partial charge on any atom is -0.461 e. The Morgan fingerprint density at radius 2 is 2.00 bits per heavy atom. The Bertz CT molecular complexity index is 370. The van der Waals surface area contributed by atoms with Crippen LogP contribution in [0.25, 0.3) is 0 Å². The van der Waals surface area contributed by atoms with Gasteiger partial charge in [-0.2, -0.15) is 15.0 Å². The predicted molar refractivity (Wildman–Crippen MR) is 69.4 cm³/mol. The molecule has 0 saturated carbocycles. The SMILES string of the molecule is CC(O)CCCNc1nc(N)nc(OC(C)C)n1. The van der Waals surface area contributed by atoms with E-state index in [-0.39, 0.29) is 24.2 Å². The largest absolute Gasteiger partial charge is 0.461 e. The number of hydrogen-bond acceptors (Lipinski definition) is 7. The van der Waals surface area contributed by atoms with Crippen LogP contribution in [0.15, 0.2) is 0 Å². The molecule has 18 heavy (non-hydrogen) atoms. The highest BCUT2D eigenvalue weighted by Gasteiger charge is 2.06. The summed E-state index contributed by atoms with van der Waals surface area (Å²) in [5.74, 6) is 0.516. The van der Waals surface area contributed by atoms with Crippen molar-refractivity contribution in [2.24, 2.45) is 0 Å². The van der Waals surface area contributed by atoms with Gasteiger partial charge in [0.1, 0.15) is 0 Å². The van der Waals surface area contributed by atoms with Crippen molar-refractivity contribution >= 4 is 11.9 Å². The first kappa shape index (κ1) is 14.4. The quantitative estimate of drug-likeness (QED) is 0.619. The highest BCUT2D eigenvalue weighted by molar-refractivity contribution is 5.32. The number of nitrogens with one attached hydrogen (secondary N) is 1. The molecule has 4 N–H and O–H groups in total. The Labute approximate surface area is 107 Å². The minimum absolute atomic E-state index is 0.0186. The number of nitrogens with two attached hydrogens (primary N) is 1. The van der Waals surface area contributed by atoms with Gasteiger partial charge in [-0.1, -0.05) is 0 Å². The fourth-order valence-corrected chi connectivity index (χ4v) is 1.31. The van der Waals surface area contributed by atoms with Crippen LogP contribution in [-0.4, -0.2) is 38.8 Å². The van der Waals surface area contributed by atoms with E-state index in [0.29, 0.717) is 12.5 Å². The number of ether oxygens (including phenoxy) is 1. The van der Waals surface area contributed by atoms with Gasteiger partial charge in [-0.3, -0.25) is 0 Å². The second-order valence-electron chi connectivity index (χ2n) is 4.38. The number of nitrogens with zero attached hydrogens (tertiary/aromatic N) is 3. The molecule has 0 aliphatic rings. The number of anilines is 2. The molecule has 102 valence electrons. The average Bonchev–Trinajstić information content (AvgIpc) is 2.22. The number of nitrogen functional groups attached to an aromatic ring is 1. The first-order valence-corrected chi connectivity index (χ1v) is 6.07. The molecule has 1 unspecified atom stereocenters. The first-order valence-electron chi connectivity index (χ1n) is 6.07. The first-order chi connectivity index (χ1) is 8.47. The summed E-state index contributed by atoms with van der Waals surface area (Å²) in [6.07, 6.45) is 1.23. The number of hydrogen-bond donors (Lipinski definition) is 3. The zero-order valence-corrected chi connectivity index (χ0v) is 11.1. The third-order valence-electron chi connectivity index (χ3n) is 2.06. The van der Waals surface area contributed by atoms with Crippen LogP contribution in [0.5, 0.6) is 6.01 Å². The summed E-state index contributed by atoms with van der Waals surface area (Å²) < 4.78 is 5.36. The van der Waals surface area contributed by atoms with Crippen molar-refractivity contribution in [1.29, 1.82) is 0 Å². The highest BCUT2D eigenvalue weighted by Crippen LogP contribution is 2.10. The van der Waals surface area contributed by atoms with Crippen LogP contribution >= 0.6 is 0 Å². The molecule has 0 bridgehead atoms. The van der Waals surface area contributed by atoms with Crippen molar-refractivity contribution < 1.29 is 9.84 Å². The predicted octanol–water partition coefficient (Wildman–Crippen LogP) is 0.814. The lowest BCUT2D eigenvalue weighted by Gasteiger charge is -2.10. The van der Waals surface area contributed by atoms with Crippen LogP contribution in [0.4, 0.5) is 11.9 Å². The second kappa shape index (κ2) is 6.95. The summed E-state index contributed by atoms with van der Waals surface area (Å²) in [5, 5.41) is 12.1. The maximum absolute atomic E-state index is 9.13. The number of rotatable bonds is 7. The molecular formula is C11H21N5O2. The van der Waals surface area contributed by atoms with Crippen molar-refractivity contribution in [2.75, 3.05) is 17.6 Å². The second-order valence-corrected chi connectivity index (χ2v) is 4.38. The highest BCUT2D eigenvalue weighted by atomic mass is 16.5. The summed E-state index contributed by atoms with van der Waals surface area (Å²) in [5.41, 5.74) is 5.57. The minimum atomic E-state index is -0.296. The van der Waals surface area contributed by atoms with E-state index in [0.717, 1.165) is 12.8 Å². The fraction of sp³-hybridized carbons (Fsp3) is 0.727. The van der Waals surface area contributed by atoms with Crippen molar-refractivity contribution in [2.45, 2.75) is 45.8 Å². The summed E-state index contributed by atoms with van der Waals surface area (Å²) in [7, 11) is 0.